The lowest BCUT2D eigenvalue weighted by Crippen LogP contribution is -1.89. The van der Waals surface area contributed by atoms with Gasteiger partial charge >= 0.3 is 0 Å². The van der Waals surface area contributed by atoms with Gasteiger partial charge in [0, 0.05) is 0 Å². The molecule has 0 fully saturated rings. The second-order valence-corrected chi connectivity index (χ2v) is 4.53. The lowest BCUT2D eigenvalue weighted by molar-refractivity contribution is 0.521. The van der Waals surface area contributed by atoms with E-state index in [1.54, 1.807) is 0 Å². The predicted molar refractivity (Wildman–Crippen MR) is 61.9 cm³/mol. The molecule has 0 heterocycles. The second kappa shape index (κ2) is 8.34. The molecular formula is C13H26. The van der Waals surface area contributed by atoms with E-state index in [0.717, 1.165) is 11.8 Å². The van der Waals surface area contributed by atoms with Crippen molar-refractivity contribution in [1.82, 2.24) is 0 Å². The molecule has 0 bridgehead atoms. The van der Waals surface area contributed by atoms with E-state index in [9.17, 15) is 0 Å². The summed E-state index contributed by atoms with van der Waals surface area (Å²) in [5.74, 6) is 1.74. The summed E-state index contributed by atoms with van der Waals surface area (Å²) in [6.07, 6.45) is 11.2. The van der Waals surface area contributed by atoms with Gasteiger partial charge in [0.15, 0.2) is 0 Å². The van der Waals surface area contributed by atoms with Crippen molar-refractivity contribution in [2.24, 2.45) is 11.8 Å². The van der Waals surface area contributed by atoms with Crippen LogP contribution < -0.4 is 0 Å². The number of rotatable bonds is 7. The summed E-state index contributed by atoms with van der Waals surface area (Å²) in [6.45, 7) is 9.18. The van der Waals surface area contributed by atoms with Gasteiger partial charge in [-0.2, -0.15) is 0 Å². The first-order chi connectivity index (χ1) is 6.16. The van der Waals surface area contributed by atoms with Crippen molar-refractivity contribution in [3.63, 3.8) is 0 Å². The highest BCUT2D eigenvalue weighted by atomic mass is 14.0. The van der Waals surface area contributed by atoms with E-state index in [0.29, 0.717) is 0 Å². The van der Waals surface area contributed by atoms with Gasteiger partial charge in [-0.05, 0) is 37.5 Å². The highest BCUT2D eigenvalue weighted by molar-refractivity contribution is 4.82. The smallest absolute Gasteiger partial charge is 0.0348 e. The maximum Gasteiger partial charge on any atom is -0.0348 e. The summed E-state index contributed by atoms with van der Waals surface area (Å²) in [5.41, 5.74) is 0. The van der Waals surface area contributed by atoms with Crippen molar-refractivity contribution in [2.45, 2.75) is 59.8 Å². The molecule has 0 amide bonds. The van der Waals surface area contributed by atoms with Crippen LogP contribution in [0.5, 0.6) is 0 Å². The molecule has 0 aromatic rings. The van der Waals surface area contributed by atoms with Crippen LogP contribution in [0.1, 0.15) is 59.8 Å². The van der Waals surface area contributed by atoms with Gasteiger partial charge in [-0.1, -0.05) is 46.3 Å². The molecule has 78 valence electrons. The van der Waals surface area contributed by atoms with Crippen LogP contribution in [0.25, 0.3) is 0 Å². The van der Waals surface area contributed by atoms with Crippen molar-refractivity contribution in [3.05, 3.63) is 12.2 Å². The fraction of sp³-hybridized carbons (Fsp3) is 0.846. The first-order valence-electron chi connectivity index (χ1n) is 5.81. The molecule has 1 atom stereocenters. The van der Waals surface area contributed by atoms with Crippen LogP contribution in [-0.4, -0.2) is 0 Å². The second-order valence-electron chi connectivity index (χ2n) is 4.53. The molecule has 0 nitrogen and oxygen atoms in total. The average molecular weight is 182 g/mol. The Hall–Kier alpha value is -0.260. The van der Waals surface area contributed by atoms with E-state index in [1.807, 2.05) is 0 Å². The van der Waals surface area contributed by atoms with Crippen LogP contribution in [0.3, 0.4) is 0 Å². The monoisotopic (exact) mass is 182 g/mol. The Kier molecular flexibility index (Phi) is 8.18. The van der Waals surface area contributed by atoms with Gasteiger partial charge in [-0.3, -0.25) is 0 Å². The molecule has 0 saturated heterocycles. The summed E-state index contributed by atoms with van der Waals surface area (Å²) >= 11 is 0. The molecule has 0 saturated carbocycles. The Labute approximate surface area is 84.4 Å². The Morgan fingerprint density at radius 2 is 1.46 bits per heavy atom. The van der Waals surface area contributed by atoms with E-state index >= 15 is 0 Å². The van der Waals surface area contributed by atoms with Gasteiger partial charge in [0.2, 0.25) is 0 Å². The van der Waals surface area contributed by atoms with Crippen molar-refractivity contribution >= 4 is 0 Å². The normalized spacial score (nSPS) is 14.2. The van der Waals surface area contributed by atoms with Crippen molar-refractivity contribution in [1.29, 1.82) is 0 Å². The van der Waals surface area contributed by atoms with Crippen molar-refractivity contribution in [3.8, 4) is 0 Å². The highest BCUT2D eigenvalue weighted by Crippen LogP contribution is 2.10. The Morgan fingerprint density at radius 3 is 1.92 bits per heavy atom. The summed E-state index contributed by atoms with van der Waals surface area (Å²) < 4.78 is 0. The molecule has 0 aromatic carbocycles. The van der Waals surface area contributed by atoms with Gasteiger partial charge in [0.25, 0.3) is 0 Å². The zero-order valence-electron chi connectivity index (χ0n) is 9.84. The van der Waals surface area contributed by atoms with Crippen LogP contribution >= 0.6 is 0 Å². The molecule has 0 aliphatic carbocycles. The average Bonchev–Trinajstić information content (AvgIpc) is 2.10. The molecule has 1 unspecified atom stereocenters. The first kappa shape index (κ1) is 12.7. The summed E-state index contributed by atoms with van der Waals surface area (Å²) in [4.78, 5) is 0. The largest absolute Gasteiger partial charge is 0.0885 e. The molecule has 0 aliphatic heterocycles. The van der Waals surface area contributed by atoms with Crippen molar-refractivity contribution in [2.75, 3.05) is 0 Å². The minimum atomic E-state index is 0.846. The SMILES string of the molecule is CCC(C)CCC=CCCC(C)C. The Balaban J connectivity index is 3.22. The fourth-order valence-electron chi connectivity index (χ4n) is 1.25. The third-order valence-electron chi connectivity index (χ3n) is 2.60. The molecule has 0 spiro atoms. The van der Waals surface area contributed by atoms with Crippen LogP contribution in [0.15, 0.2) is 12.2 Å². The van der Waals surface area contributed by atoms with Crippen LogP contribution in [-0.2, 0) is 0 Å². The van der Waals surface area contributed by atoms with Crippen LogP contribution in [0.4, 0.5) is 0 Å². The minimum Gasteiger partial charge on any atom is -0.0885 e. The molecular weight excluding hydrogens is 156 g/mol. The first-order valence-corrected chi connectivity index (χ1v) is 5.81. The van der Waals surface area contributed by atoms with E-state index in [4.69, 9.17) is 0 Å². The molecule has 0 aromatic heterocycles. The zero-order valence-corrected chi connectivity index (χ0v) is 9.84. The number of hydrogen-bond donors (Lipinski definition) is 0. The maximum atomic E-state index is 2.36. The van der Waals surface area contributed by atoms with Crippen LogP contribution in [0, 0.1) is 11.8 Å². The molecule has 0 rings (SSSR count). The minimum absolute atomic E-state index is 0.846. The summed E-state index contributed by atoms with van der Waals surface area (Å²) in [5, 5.41) is 0. The molecule has 0 radical (unpaired) electrons. The molecule has 0 heteroatoms. The summed E-state index contributed by atoms with van der Waals surface area (Å²) in [7, 11) is 0. The van der Waals surface area contributed by atoms with E-state index in [1.165, 1.54) is 32.1 Å². The zero-order chi connectivity index (χ0) is 10.1. The number of allylic oxidation sites excluding steroid dienone is 2. The van der Waals surface area contributed by atoms with Gasteiger partial charge in [0.1, 0.15) is 0 Å². The molecule has 0 aliphatic rings. The lowest BCUT2D eigenvalue weighted by atomic mass is 10.0. The Bertz CT molecular complexity index is 122. The lowest BCUT2D eigenvalue weighted by Gasteiger charge is -2.04. The molecule has 0 N–H and O–H groups in total. The van der Waals surface area contributed by atoms with Gasteiger partial charge in [0.05, 0.1) is 0 Å². The van der Waals surface area contributed by atoms with Gasteiger partial charge in [-0.25, -0.2) is 0 Å². The standard InChI is InChI=1S/C13H26/c1-5-13(4)11-9-7-6-8-10-12(2)3/h6-7,12-13H,5,8-11H2,1-4H3. The fourth-order valence-corrected chi connectivity index (χ4v) is 1.25. The van der Waals surface area contributed by atoms with Gasteiger partial charge < -0.3 is 0 Å². The maximum absolute atomic E-state index is 2.36. The topological polar surface area (TPSA) is 0 Å². The highest BCUT2D eigenvalue weighted by Gasteiger charge is 1.95. The van der Waals surface area contributed by atoms with E-state index in [-0.39, 0.29) is 0 Å². The quantitative estimate of drug-likeness (QED) is 0.496. The van der Waals surface area contributed by atoms with E-state index in [2.05, 4.69) is 39.8 Å². The molecule has 13 heavy (non-hydrogen) atoms. The van der Waals surface area contributed by atoms with Gasteiger partial charge in [-0.15, -0.1) is 0 Å². The Morgan fingerprint density at radius 1 is 0.923 bits per heavy atom. The predicted octanol–water partition coefficient (Wildman–Crippen LogP) is 4.81. The third-order valence-corrected chi connectivity index (χ3v) is 2.60. The van der Waals surface area contributed by atoms with Crippen molar-refractivity contribution < 1.29 is 0 Å². The van der Waals surface area contributed by atoms with E-state index < -0.39 is 0 Å². The summed E-state index contributed by atoms with van der Waals surface area (Å²) in [6, 6.07) is 0. The third kappa shape index (κ3) is 9.66. The van der Waals surface area contributed by atoms with Crippen LogP contribution in [0.2, 0.25) is 0 Å². The number of hydrogen-bond acceptors (Lipinski definition) is 0.